The van der Waals surface area contributed by atoms with Crippen LogP contribution in [0.4, 0.5) is 0 Å². The Morgan fingerprint density at radius 1 is 1.05 bits per heavy atom. The van der Waals surface area contributed by atoms with Gasteiger partial charge in [-0.25, -0.2) is 0 Å². The predicted octanol–water partition coefficient (Wildman–Crippen LogP) is 6.51. The van der Waals surface area contributed by atoms with Crippen LogP contribution in [0, 0.1) is 40.9 Å². The number of carbonyl (C=O) groups is 1. The molecule has 6 rings (SSSR count). The molecular formula is C32H47N3O3. The van der Waals surface area contributed by atoms with E-state index < -0.39 is 5.60 Å². The van der Waals surface area contributed by atoms with E-state index in [1.807, 2.05) is 13.0 Å². The van der Waals surface area contributed by atoms with Gasteiger partial charge in [-0.05, 0) is 124 Å². The molecule has 0 spiro atoms. The van der Waals surface area contributed by atoms with Crippen LogP contribution in [-0.2, 0) is 16.1 Å². The third kappa shape index (κ3) is 4.54. The second-order valence-electron chi connectivity index (χ2n) is 13.8. The van der Waals surface area contributed by atoms with E-state index in [-0.39, 0.29) is 24.0 Å². The number of hydrogen-bond donors (Lipinski definition) is 1. The first-order valence-electron chi connectivity index (χ1n) is 15.3. The van der Waals surface area contributed by atoms with Gasteiger partial charge in [0.05, 0.1) is 11.7 Å². The van der Waals surface area contributed by atoms with Gasteiger partial charge in [-0.15, -0.1) is 0 Å². The quantitative estimate of drug-likeness (QED) is 0.450. The van der Waals surface area contributed by atoms with Crippen LogP contribution in [0.2, 0.25) is 0 Å². The van der Waals surface area contributed by atoms with Gasteiger partial charge in [-0.3, -0.25) is 4.79 Å². The maximum absolute atomic E-state index is 13.8. The summed E-state index contributed by atoms with van der Waals surface area (Å²) in [7, 11) is 1.76. The molecule has 0 amide bonds. The van der Waals surface area contributed by atoms with Crippen LogP contribution in [0.25, 0.3) is 11.0 Å². The van der Waals surface area contributed by atoms with E-state index >= 15 is 0 Å². The van der Waals surface area contributed by atoms with Gasteiger partial charge in [-0.2, -0.15) is 15.0 Å². The van der Waals surface area contributed by atoms with Gasteiger partial charge in [0.15, 0.2) is 5.78 Å². The molecular weight excluding hydrogens is 474 g/mol. The second kappa shape index (κ2) is 9.99. The van der Waals surface area contributed by atoms with Gasteiger partial charge in [0.2, 0.25) is 0 Å². The highest BCUT2D eigenvalue weighted by Gasteiger charge is 2.58. The molecule has 0 saturated heterocycles. The first-order valence-corrected chi connectivity index (χ1v) is 15.3. The molecule has 6 nitrogen and oxygen atoms in total. The highest BCUT2D eigenvalue weighted by molar-refractivity contribution is 5.82. The highest BCUT2D eigenvalue weighted by Crippen LogP contribution is 2.64. The van der Waals surface area contributed by atoms with Crippen molar-refractivity contribution in [2.24, 2.45) is 40.9 Å². The molecule has 9 atom stereocenters. The molecule has 4 aliphatic rings. The molecule has 4 aliphatic carbocycles. The highest BCUT2D eigenvalue weighted by atomic mass is 16.5. The van der Waals surface area contributed by atoms with Gasteiger partial charge in [-0.1, -0.05) is 26.3 Å². The molecule has 208 valence electrons. The number of carbonyl (C=O) groups excluding carboxylic acids is 1. The number of nitrogens with zero attached hydrogens (tertiary/aromatic N) is 3. The molecule has 0 aliphatic heterocycles. The lowest BCUT2D eigenvalue weighted by Crippen LogP contribution is -2.51. The van der Waals surface area contributed by atoms with Crippen LogP contribution in [0.1, 0.15) is 103 Å². The van der Waals surface area contributed by atoms with Crippen molar-refractivity contribution in [3.05, 3.63) is 23.8 Å². The summed E-state index contributed by atoms with van der Waals surface area (Å²) in [6.07, 6.45) is 12.4. The normalized spacial score (nSPS) is 39.4. The van der Waals surface area contributed by atoms with E-state index in [1.54, 1.807) is 11.9 Å². The number of benzene rings is 1. The molecule has 38 heavy (non-hydrogen) atoms. The van der Waals surface area contributed by atoms with E-state index in [2.05, 4.69) is 31.1 Å². The minimum atomic E-state index is -0.462. The van der Waals surface area contributed by atoms with Crippen LogP contribution in [-0.4, -0.2) is 38.6 Å². The summed E-state index contributed by atoms with van der Waals surface area (Å²) in [5.41, 5.74) is 2.45. The van der Waals surface area contributed by atoms with Gasteiger partial charge in [0.25, 0.3) is 0 Å². The lowest BCUT2D eigenvalue weighted by atomic mass is 9.49. The number of aliphatic hydroxyl groups is 1. The number of ketones is 1. The van der Waals surface area contributed by atoms with Crippen LogP contribution in [0.5, 0.6) is 0 Å². The van der Waals surface area contributed by atoms with Gasteiger partial charge in [0, 0.05) is 13.0 Å². The Labute approximate surface area is 227 Å². The lowest BCUT2D eigenvalue weighted by Gasteiger charge is -2.56. The summed E-state index contributed by atoms with van der Waals surface area (Å²) in [5, 5.41) is 20.1. The topological polar surface area (TPSA) is 77.2 Å². The Hall–Kier alpha value is -1.79. The van der Waals surface area contributed by atoms with Crippen molar-refractivity contribution in [2.45, 2.75) is 110 Å². The zero-order valence-corrected chi connectivity index (χ0v) is 23.9. The standard InChI is InChI=1S/C32H47N3O3/c1-5-6-30(38-4)20-8-12-27-28(17-20)34-35(33-27)19-29(36)26-11-10-25-24-9-7-21-18-31(2,37)15-13-22(21)23(24)14-16-32(25,26)3/h8,12,17,21-26,30,37H,5-7,9-11,13-16,18-19H2,1-4H3/t21-,22+,23-,24-,25+,26-,30?,31-,32+/m1/s1. The Bertz CT molecular complexity index is 1170. The Morgan fingerprint density at radius 2 is 1.84 bits per heavy atom. The average molecular weight is 522 g/mol. The molecule has 4 saturated carbocycles. The molecule has 1 aromatic carbocycles. The molecule has 1 N–H and O–H groups in total. The summed E-state index contributed by atoms with van der Waals surface area (Å²) in [5.74, 6) is 4.14. The SMILES string of the molecule is CCCC(OC)c1ccc2nn(CC(=O)[C@H]3CC[C@H]4[C@@H]5CC[C@@H]6C[C@](C)(O)CC[C@@H]6[C@H]5CC[C@]34C)nc2c1. The maximum Gasteiger partial charge on any atom is 0.159 e. The third-order valence-corrected chi connectivity index (χ3v) is 11.6. The summed E-state index contributed by atoms with van der Waals surface area (Å²) in [6, 6.07) is 6.16. The molecule has 1 heterocycles. The Balaban J connectivity index is 1.15. The van der Waals surface area contributed by atoms with Crippen LogP contribution in [0.3, 0.4) is 0 Å². The van der Waals surface area contributed by atoms with Crippen molar-refractivity contribution in [1.82, 2.24) is 15.0 Å². The van der Waals surface area contributed by atoms with Crippen molar-refractivity contribution in [2.75, 3.05) is 7.11 Å². The molecule has 2 aromatic rings. The fourth-order valence-electron chi connectivity index (χ4n) is 9.79. The minimum absolute atomic E-state index is 0.0681. The Morgan fingerprint density at radius 3 is 2.63 bits per heavy atom. The number of ether oxygens (including phenoxy) is 1. The van der Waals surface area contributed by atoms with Gasteiger partial charge >= 0.3 is 0 Å². The van der Waals surface area contributed by atoms with Gasteiger partial charge < -0.3 is 9.84 Å². The first-order chi connectivity index (χ1) is 18.2. The molecule has 6 heteroatoms. The number of Topliss-reactive ketones (excluding diaryl/α,β-unsaturated/α-hetero) is 1. The number of hydrogen-bond acceptors (Lipinski definition) is 5. The summed E-state index contributed by atoms with van der Waals surface area (Å²) in [6.45, 7) is 6.91. The number of fused-ring (bicyclic) bond motifs is 6. The summed E-state index contributed by atoms with van der Waals surface area (Å²) in [4.78, 5) is 15.4. The molecule has 1 unspecified atom stereocenters. The van der Waals surface area contributed by atoms with E-state index in [9.17, 15) is 9.90 Å². The molecule has 0 radical (unpaired) electrons. The van der Waals surface area contributed by atoms with Crippen LogP contribution < -0.4 is 0 Å². The van der Waals surface area contributed by atoms with Crippen molar-refractivity contribution < 1.29 is 14.6 Å². The van der Waals surface area contributed by atoms with E-state index in [0.29, 0.717) is 17.6 Å². The molecule has 4 fully saturated rings. The molecule has 0 bridgehead atoms. The summed E-state index contributed by atoms with van der Waals surface area (Å²) < 4.78 is 5.68. The zero-order chi connectivity index (χ0) is 26.7. The van der Waals surface area contributed by atoms with Crippen molar-refractivity contribution in [3.8, 4) is 0 Å². The minimum Gasteiger partial charge on any atom is -0.390 e. The van der Waals surface area contributed by atoms with E-state index in [0.717, 1.165) is 66.5 Å². The van der Waals surface area contributed by atoms with Crippen LogP contribution >= 0.6 is 0 Å². The van der Waals surface area contributed by atoms with Gasteiger partial charge in [0.1, 0.15) is 17.6 Å². The molecule has 1 aromatic heterocycles. The largest absolute Gasteiger partial charge is 0.390 e. The van der Waals surface area contributed by atoms with E-state index in [4.69, 9.17) is 9.84 Å². The Kier molecular flexibility index (Phi) is 6.95. The van der Waals surface area contributed by atoms with Crippen molar-refractivity contribution in [3.63, 3.8) is 0 Å². The zero-order valence-electron chi connectivity index (χ0n) is 23.9. The smallest absolute Gasteiger partial charge is 0.159 e. The first kappa shape index (κ1) is 26.4. The number of aromatic nitrogens is 3. The fourth-order valence-corrected chi connectivity index (χ4v) is 9.79. The van der Waals surface area contributed by atoms with Crippen molar-refractivity contribution >= 4 is 16.8 Å². The monoisotopic (exact) mass is 521 g/mol. The maximum atomic E-state index is 13.8. The number of methoxy groups -OCH3 is 1. The predicted molar refractivity (Wildman–Crippen MR) is 148 cm³/mol. The second-order valence-corrected chi connectivity index (χ2v) is 13.8. The average Bonchev–Trinajstić information content (AvgIpc) is 3.45. The van der Waals surface area contributed by atoms with E-state index in [1.165, 1.54) is 38.5 Å². The van der Waals surface area contributed by atoms with Crippen LogP contribution in [0.15, 0.2) is 18.2 Å². The fraction of sp³-hybridized carbons (Fsp3) is 0.781. The number of rotatable bonds is 7. The summed E-state index contributed by atoms with van der Waals surface area (Å²) >= 11 is 0. The van der Waals surface area contributed by atoms with Crippen molar-refractivity contribution in [1.29, 1.82) is 0 Å². The third-order valence-electron chi connectivity index (χ3n) is 11.6. The lowest BCUT2D eigenvalue weighted by molar-refractivity contribution is -0.133.